The zero-order chi connectivity index (χ0) is 12.3. The van der Waals surface area contributed by atoms with E-state index < -0.39 is 0 Å². The minimum atomic E-state index is 0.665. The van der Waals surface area contributed by atoms with Crippen LogP contribution < -0.4 is 5.73 Å². The van der Waals surface area contributed by atoms with Crippen molar-refractivity contribution in [3.63, 3.8) is 0 Å². The van der Waals surface area contributed by atoms with Gasteiger partial charge >= 0.3 is 0 Å². The van der Waals surface area contributed by atoms with Crippen molar-refractivity contribution in [2.75, 3.05) is 6.54 Å². The molecule has 0 spiro atoms. The standard InChI is InChI=1S/C14H19N3/c1-11-3-4-12(2)13(7-11)9-17-10-16-8-14(17)5-6-15/h3-4,7-8,10H,5-6,9,15H2,1-2H3. The van der Waals surface area contributed by atoms with Gasteiger partial charge in [-0.15, -0.1) is 0 Å². The number of imidazole rings is 1. The van der Waals surface area contributed by atoms with Gasteiger partial charge in [-0.3, -0.25) is 0 Å². The Hall–Kier alpha value is -1.61. The summed E-state index contributed by atoms with van der Waals surface area (Å²) in [6.07, 6.45) is 4.66. The molecule has 3 nitrogen and oxygen atoms in total. The second-order valence-electron chi connectivity index (χ2n) is 4.48. The number of nitrogens with two attached hydrogens (primary N) is 1. The number of rotatable bonds is 4. The summed E-state index contributed by atoms with van der Waals surface area (Å²) in [6, 6.07) is 6.55. The normalized spacial score (nSPS) is 10.8. The van der Waals surface area contributed by atoms with E-state index in [1.165, 1.54) is 22.4 Å². The molecule has 1 heterocycles. The van der Waals surface area contributed by atoms with Gasteiger partial charge in [-0.2, -0.15) is 0 Å². The predicted octanol–water partition coefficient (Wildman–Crippen LogP) is 2.05. The minimum absolute atomic E-state index is 0.665. The van der Waals surface area contributed by atoms with Gasteiger partial charge in [0.15, 0.2) is 0 Å². The van der Waals surface area contributed by atoms with Crippen LogP contribution in [0.15, 0.2) is 30.7 Å². The summed E-state index contributed by atoms with van der Waals surface area (Å²) in [4.78, 5) is 4.20. The van der Waals surface area contributed by atoms with Gasteiger partial charge in [-0.1, -0.05) is 23.8 Å². The molecule has 2 rings (SSSR count). The maximum Gasteiger partial charge on any atom is 0.0951 e. The molecule has 0 aliphatic heterocycles. The van der Waals surface area contributed by atoms with Crippen molar-refractivity contribution < 1.29 is 0 Å². The molecule has 2 N–H and O–H groups in total. The SMILES string of the molecule is Cc1ccc(C)c(Cn2cncc2CCN)c1. The fraction of sp³-hybridized carbons (Fsp3) is 0.357. The molecule has 0 fully saturated rings. The number of aryl methyl sites for hydroxylation is 2. The van der Waals surface area contributed by atoms with Crippen LogP contribution in [0.2, 0.25) is 0 Å². The van der Waals surface area contributed by atoms with Gasteiger partial charge in [0.2, 0.25) is 0 Å². The molecular formula is C14H19N3. The third kappa shape index (κ3) is 2.74. The average Bonchev–Trinajstić information content (AvgIpc) is 2.72. The van der Waals surface area contributed by atoms with E-state index in [0.717, 1.165) is 13.0 Å². The van der Waals surface area contributed by atoms with E-state index in [4.69, 9.17) is 5.73 Å². The zero-order valence-electron chi connectivity index (χ0n) is 10.5. The topological polar surface area (TPSA) is 43.8 Å². The maximum atomic E-state index is 5.59. The average molecular weight is 229 g/mol. The monoisotopic (exact) mass is 229 g/mol. The Labute approximate surface area is 102 Å². The lowest BCUT2D eigenvalue weighted by Crippen LogP contribution is -2.09. The zero-order valence-corrected chi connectivity index (χ0v) is 10.5. The lowest BCUT2D eigenvalue weighted by atomic mass is 10.1. The Bertz CT molecular complexity index is 500. The number of nitrogens with zero attached hydrogens (tertiary/aromatic N) is 2. The molecule has 1 aromatic carbocycles. The molecule has 90 valence electrons. The maximum absolute atomic E-state index is 5.59. The molecular weight excluding hydrogens is 210 g/mol. The number of aromatic nitrogens is 2. The van der Waals surface area contributed by atoms with Crippen LogP contribution in [0.3, 0.4) is 0 Å². The van der Waals surface area contributed by atoms with Crippen LogP contribution in [-0.2, 0) is 13.0 Å². The number of benzene rings is 1. The van der Waals surface area contributed by atoms with Crippen LogP contribution in [0.4, 0.5) is 0 Å². The van der Waals surface area contributed by atoms with Crippen LogP contribution in [-0.4, -0.2) is 16.1 Å². The molecule has 0 unspecified atom stereocenters. The summed E-state index contributed by atoms with van der Waals surface area (Å²) >= 11 is 0. The van der Waals surface area contributed by atoms with Crippen molar-refractivity contribution >= 4 is 0 Å². The van der Waals surface area contributed by atoms with Gasteiger partial charge in [-0.05, 0) is 31.5 Å². The van der Waals surface area contributed by atoms with Gasteiger partial charge in [0, 0.05) is 24.9 Å². The fourth-order valence-electron chi connectivity index (χ4n) is 2.00. The highest BCUT2D eigenvalue weighted by Crippen LogP contribution is 2.13. The highest BCUT2D eigenvalue weighted by atomic mass is 15.0. The molecule has 0 aliphatic rings. The van der Waals surface area contributed by atoms with E-state index in [1.54, 1.807) is 0 Å². The van der Waals surface area contributed by atoms with Gasteiger partial charge in [-0.25, -0.2) is 4.98 Å². The van der Waals surface area contributed by atoms with Crippen molar-refractivity contribution in [3.8, 4) is 0 Å². The lowest BCUT2D eigenvalue weighted by Gasteiger charge is -2.10. The van der Waals surface area contributed by atoms with E-state index in [-0.39, 0.29) is 0 Å². The van der Waals surface area contributed by atoms with E-state index in [0.29, 0.717) is 6.54 Å². The van der Waals surface area contributed by atoms with E-state index in [1.807, 2.05) is 12.5 Å². The van der Waals surface area contributed by atoms with Gasteiger partial charge in [0.1, 0.15) is 0 Å². The quantitative estimate of drug-likeness (QED) is 0.872. The van der Waals surface area contributed by atoms with Crippen molar-refractivity contribution in [2.24, 2.45) is 5.73 Å². The third-order valence-electron chi connectivity index (χ3n) is 3.04. The van der Waals surface area contributed by atoms with Crippen molar-refractivity contribution in [1.82, 2.24) is 9.55 Å². The van der Waals surface area contributed by atoms with Crippen LogP contribution in [0.1, 0.15) is 22.4 Å². The first-order valence-corrected chi connectivity index (χ1v) is 5.96. The Morgan fingerprint density at radius 3 is 2.88 bits per heavy atom. The summed E-state index contributed by atoms with van der Waals surface area (Å²) in [5.41, 5.74) is 10.8. The molecule has 0 saturated carbocycles. The molecule has 0 aliphatic carbocycles. The number of hydrogen-bond acceptors (Lipinski definition) is 2. The molecule has 0 amide bonds. The van der Waals surface area contributed by atoms with Gasteiger partial charge in [0.05, 0.1) is 6.33 Å². The van der Waals surface area contributed by atoms with Gasteiger partial charge < -0.3 is 10.3 Å². The minimum Gasteiger partial charge on any atom is -0.330 e. The molecule has 3 heteroatoms. The Balaban J connectivity index is 2.25. The first-order valence-electron chi connectivity index (χ1n) is 5.96. The second kappa shape index (κ2) is 5.15. The predicted molar refractivity (Wildman–Crippen MR) is 70.0 cm³/mol. The summed E-state index contributed by atoms with van der Waals surface area (Å²) in [5, 5.41) is 0. The highest BCUT2D eigenvalue weighted by Gasteiger charge is 2.04. The van der Waals surface area contributed by atoms with Crippen molar-refractivity contribution in [1.29, 1.82) is 0 Å². The first kappa shape index (κ1) is 11.9. The van der Waals surface area contributed by atoms with Crippen molar-refractivity contribution in [2.45, 2.75) is 26.8 Å². The Morgan fingerprint density at radius 1 is 1.29 bits per heavy atom. The molecule has 0 radical (unpaired) electrons. The summed E-state index contributed by atoms with van der Waals surface area (Å²) < 4.78 is 2.18. The fourth-order valence-corrected chi connectivity index (χ4v) is 2.00. The van der Waals surface area contributed by atoms with E-state index >= 15 is 0 Å². The summed E-state index contributed by atoms with van der Waals surface area (Å²) in [7, 11) is 0. The van der Waals surface area contributed by atoms with Crippen LogP contribution in [0.5, 0.6) is 0 Å². The largest absolute Gasteiger partial charge is 0.330 e. The van der Waals surface area contributed by atoms with E-state index in [2.05, 4.69) is 41.6 Å². The molecule has 0 saturated heterocycles. The number of hydrogen-bond donors (Lipinski definition) is 1. The Morgan fingerprint density at radius 2 is 2.12 bits per heavy atom. The van der Waals surface area contributed by atoms with Crippen LogP contribution in [0.25, 0.3) is 0 Å². The lowest BCUT2D eigenvalue weighted by molar-refractivity contribution is 0.729. The molecule has 0 bridgehead atoms. The first-order chi connectivity index (χ1) is 8.20. The smallest absolute Gasteiger partial charge is 0.0951 e. The molecule has 0 atom stereocenters. The van der Waals surface area contributed by atoms with E-state index in [9.17, 15) is 0 Å². The second-order valence-corrected chi connectivity index (χ2v) is 4.48. The molecule has 1 aromatic heterocycles. The van der Waals surface area contributed by atoms with Crippen LogP contribution >= 0.6 is 0 Å². The third-order valence-corrected chi connectivity index (χ3v) is 3.04. The summed E-state index contributed by atoms with van der Waals surface area (Å²) in [5.74, 6) is 0. The van der Waals surface area contributed by atoms with Crippen molar-refractivity contribution in [3.05, 3.63) is 53.1 Å². The van der Waals surface area contributed by atoms with Crippen LogP contribution in [0, 0.1) is 13.8 Å². The highest BCUT2D eigenvalue weighted by molar-refractivity contribution is 5.30. The van der Waals surface area contributed by atoms with Gasteiger partial charge in [0.25, 0.3) is 0 Å². The Kier molecular flexibility index (Phi) is 3.59. The molecule has 17 heavy (non-hydrogen) atoms. The summed E-state index contributed by atoms with van der Waals surface area (Å²) in [6.45, 7) is 5.81. The molecule has 2 aromatic rings.